The zero-order valence-corrected chi connectivity index (χ0v) is 33.6. The number of hydrogen-bond donors (Lipinski definition) is 0. The van der Waals surface area contributed by atoms with Gasteiger partial charge in [-0.15, -0.1) is 10.2 Å². The van der Waals surface area contributed by atoms with Crippen molar-refractivity contribution in [3.05, 3.63) is 228 Å². The van der Waals surface area contributed by atoms with Gasteiger partial charge in [0.15, 0.2) is 0 Å². The molecule has 4 heteroatoms. The van der Waals surface area contributed by atoms with Crippen LogP contribution in [-0.4, -0.2) is 15.4 Å². The third-order valence-corrected chi connectivity index (χ3v) is 12.3. The fraction of sp³-hybridized carbons (Fsp3) is 0. The van der Waals surface area contributed by atoms with Gasteiger partial charge in [-0.2, -0.15) is 0 Å². The van der Waals surface area contributed by atoms with Crippen molar-refractivity contribution in [2.75, 3.05) is 0 Å². The van der Waals surface area contributed by atoms with Crippen molar-refractivity contribution < 1.29 is 0 Å². The van der Waals surface area contributed by atoms with E-state index >= 15 is 0 Å². The third kappa shape index (κ3) is 5.69. The lowest BCUT2D eigenvalue weighted by Crippen LogP contribution is -2.25. The van der Waals surface area contributed by atoms with E-state index in [0.717, 1.165) is 122 Å². The van der Waals surface area contributed by atoms with Gasteiger partial charge < -0.3 is 0 Å². The zero-order valence-electron chi connectivity index (χ0n) is 33.6. The summed E-state index contributed by atoms with van der Waals surface area (Å²) >= 11 is 0. The normalized spacial score (nSPS) is 11.8. The number of fused-ring (bicyclic) bond motifs is 7. The average molecular weight is 789 g/mol. The Kier molecular flexibility index (Phi) is 8.46. The van der Waals surface area contributed by atoms with Crippen LogP contribution in [0, 0.1) is 0 Å². The van der Waals surface area contributed by atoms with Gasteiger partial charge in [-0.25, -0.2) is 4.99 Å². The Bertz CT molecular complexity index is 3480. The maximum absolute atomic E-state index is 5.33. The van der Waals surface area contributed by atoms with Gasteiger partial charge in [0.05, 0.1) is 11.0 Å². The predicted molar refractivity (Wildman–Crippen MR) is 253 cm³/mol. The van der Waals surface area contributed by atoms with E-state index in [4.69, 9.17) is 15.2 Å². The number of hydrogen-bond acceptors (Lipinski definition) is 4. The highest BCUT2D eigenvalue weighted by atomic mass is 15.3. The summed E-state index contributed by atoms with van der Waals surface area (Å²) in [6, 6.07) is 75.1. The summed E-state index contributed by atoms with van der Waals surface area (Å²) in [4.78, 5) is 5.33. The van der Waals surface area contributed by atoms with Gasteiger partial charge in [-0.05, 0) is 78.6 Å². The van der Waals surface area contributed by atoms with Crippen LogP contribution < -0.4 is 10.6 Å². The predicted octanol–water partition coefficient (Wildman–Crippen LogP) is 13.3. The minimum absolute atomic E-state index is 0.759. The smallest absolute Gasteiger partial charge is 0.106 e. The molecule has 2 aliphatic rings. The first-order valence-electron chi connectivity index (χ1n) is 21.0. The summed E-state index contributed by atoms with van der Waals surface area (Å²) in [6.07, 6.45) is 2.37. The van der Waals surface area contributed by atoms with E-state index in [1.807, 2.05) is 6.07 Å². The van der Waals surface area contributed by atoms with E-state index in [-0.39, 0.29) is 0 Å². The number of para-hydroxylation sites is 1. The molecule has 1 aromatic heterocycles. The Labute approximate surface area is 359 Å². The minimum atomic E-state index is 0.759. The van der Waals surface area contributed by atoms with E-state index in [9.17, 15) is 0 Å². The van der Waals surface area contributed by atoms with Gasteiger partial charge in [0.25, 0.3) is 0 Å². The lowest BCUT2D eigenvalue weighted by molar-refractivity contribution is 0.879. The number of benzene rings is 9. The standard InChI is InChI=1S/C58H36N4/c1-6-20-37(21-7-1)42-30-16-17-32-44(42)55-56(41-28-14-5-15-29-41)60-62-61-58(55)54-48-36-47-45(34-35-46-43-31-18-19-33-49(43)59-57(46)47)53(48)51(39-24-10-3-11-25-39)50(38-22-8-2-9-23-38)52(54)40-26-12-4-13-27-40/h1-36H. The number of aromatic nitrogens is 3. The maximum atomic E-state index is 5.33. The molecule has 0 amide bonds. The third-order valence-electron chi connectivity index (χ3n) is 12.3. The molecule has 9 aromatic carbocycles. The lowest BCUT2D eigenvalue weighted by atomic mass is 9.76. The first kappa shape index (κ1) is 35.6. The van der Waals surface area contributed by atoms with Gasteiger partial charge in [0, 0.05) is 38.6 Å². The van der Waals surface area contributed by atoms with Crippen molar-refractivity contribution in [1.29, 1.82) is 0 Å². The SMILES string of the molecule is C1=c2c(ccc3c2=Nc2ccccc2-3)-c2c1c(-c1nnnc(-c3ccccc3)c1-c1ccccc1-c1ccccc1)c(-c1ccccc1)c(-c1ccccc1)c2-c1ccccc1. The van der Waals surface area contributed by atoms with Crippen LogP contribution in [0.1, 0.15) is 5.56 Å². The van der Waals surface area contributed by atoms with Crippen LogP contribution in [-0.2, 0) is 0 Å². The minimum Gasteiger partial charge on any atom is -0.247 e. The Hall–Kier alpha value is -8.34. The first-order valence-corrected chi connectivity index (χ1v) is 21.0. The topological polar surface area (TPSA) is 51.0 Å². The molecule has 288 valence electrons. The van der Waals surface area contributed by atoms with E-state index in [1.54, 1.807) is 0 Å². The van der Waals surface area contributed by atoms with Crippen LogP contribution >= 0.6 is 0 Å². The van der Waals surface area contributed by atoms with Gasteiger partial charge in [0.2, 0.25) is 0 Å². The molecule has 0 N–H and O–H groups in total. The van der Waals surface area contributed by atoms with Crippen molar-refractivity contribution in [3.63, 3.8) is 0 Å². The van der Waals surface area contributed by atoms with Crippen LogP contribution in [0.4, 0.5) is 5.69 Å². The summed E-state index contributed by atoms with van der Waals surface area (Å²) < 4.78 is 0. The van der Waals surface area contributed by atoms with Crippen LogP contribution in [0.15, 0.2) is 217 Å². The van der Waals surface area contributed by atoms with Crippen LogP contribution in [0.25, 0.3) is 106 Å². The first-order chi connectivity index (χ1) is 30.8. The van der Waals surface area contributed by atoms with Crippen LogP contribution in [0.3, 0.4) is 0 Å². The monoisotopic (exact) mass is 788 g/mol. The molecule has 0 bridgehead atoms. The molecule has 1 aliphatic heterocycles. The molecule has 0 fully saturated rings. The van der Waals surface area contributed by atoms with E-state index < -0.39 is 0 Å². The molecule has 0 unspecified atom stereocenters. The van der Waals surface area contributed by atoms with Gasteiger partial charge in [-0.3, -0.25) is 0 Å². The van der Waals surface area contributed by atoms with Crippen molar-refractivity contribution >= 4 is 11.8 Å². The Morgan fingerprint density at radius 2 is 0.726 bits per heavy atom. The van der Waals surface area contributed by atoms with Crippen molar-refractivity contribution in [3.8, 4) is 100 Å². The van der Waals surface area contributed by atoms with Crippen LogP contribution in [0.5, 0.6) is 0 Å². The largest absolute Gasteiger partial charge is 0.247 e. The van der Waals surface area contributed by atoms with Crippen LogP contribution in [0.2, 0.25) is 0 Å². The highest BCUT2D eigenvalue weighted by Gasteiger charge is 2.34. The molecule has 10 aromatic rings. The van der Waals surface area contributed by atoms with Crippen molar-refractivity contribution in [2.24, 2.45) is 4.99 Å². The Morgan fingerprint density at radius 3 is 1.34 bits per heavy atom. The molecule has 1 aliphatic carbocycles. The number of nitrogens with zero attached hydrogens (tertiary/aromatic N) is 4. The Balaban J connectivity index is 1.31. The molecule has 0 saturated heterocycles. The fourth-order valence-electron chi connectivity index (χ4n) is 9.62. The summed E-state index contributed by atoms with van der Waals surface area (Å²) in [7, 11) is 0. The molecular weight excluding hydrogens is 753 g/mol. The molecular formula is C58H36N4. The second-order valence-corrected chi connectivity index (χ2v) is 15.7. The number of rotatable bonds is 7. The summed E-state index contributed by atoms with van der Waals surface area (Å²) in [5.41, 5.74) is 21.0. The second kappa shape index (κ2) is 14.7. The van der Waals surface area contributed by atoms with Gasteiger partial charge in [0.1, 0.15) is 11.4 Å². The van der Waals surface area contributed by atoms with E-state index in [1.165, 1.54) is 0 Å². The summed E-state index contributed by atoms with van der Waals surface area (Å²) in [5, 5.41) is 16.9. The van der Waals surface area contributed by atoms with E-state index in [0.29, 0.717) is 0 Å². The quantitative estimate of drug-likeness (QED) is 0.162. The van der Waals surface area contributed by atoms with Gasteiger partial charge in [-0.1, -0.05) is 206 Å². The molecule has 0 atom stereocenters. The lowest BCUT2D eigenvalue weighted by Gasteiger charge is -2.26. The summed E-state index contributed by atoms with van der Waals surface area (Å²) in [6.45, 7) is 0. The molecule has 2 heterocycles. The molecule has 0 radical (unpaired) electrons. The molecule has 0 spiro atoms. The Morgan fingerprint density at radius 1 is 0.274 bits per heavy atom. The van der Waals surface area contributed by atoms with Crippen molar-refractivity contribution in [2.45, 2.75) is 0 Å². The fourth-order valence-corrected chi connectivity index (χ4v) is 9.62. The van der Waals surface area contributed by atoms with Crippen molar-refractivity contribution in [1.82, 2.24) is 15.4 Å². The average Bonchev–Trinajstić information content (AvgIpc) is 3.94. The highest BCUT2D eigenvalue weighted by molar-refractivity contribution is 6.15. The highest BCUT2D eigenvalue weighted by Crippen LogP contribution is 2.55. The molecule has 0 saturated carbocycles. The van der Waals surface area contributed by atoms with Gasteiger partial charge >= 0.3 is 0 Å². The zero-order chi connectivity index (χ0) is 41.0. The molecule has 62 heavy (non-hydrogen) atoms. The second-order valence-electron chi connectivity index (χ2n) is 15.7. The molecule has 12 rings (SSSR count). The molecule has 4 nitrogen and oxygen atoms in total. The maximum Gasteiger partial charge on any atom is 0.106 e. The van der Waals surface area contributed by atoms with E-state index in [2.05, 4.69) is 218 Å². The summed E-state index contributed by atoms with van der Waals surface area (Å²) in [5.74, 6) is 0.